The van der Waals surface area contributed by atoms with E-state index < -0.39 is 0 Å². The Morgan fingerprint density at radius 3 is 2.50 bits per heavy atom. The van der Waals surface area contributed by atoms with Crippen molar-refractivity contribution in [3.63, 3.8) is 0 Å². The van der Waals surface area contributed by atoms with Gasteiger partial charge >= 0.3 is 0 Å². The van der Waals surface area contributed by atoms with Crippen LogP contribution >= 0.6 is 23.2 Å². The minimum Gasteiger partial charge on any atom is -0.508 e. The molecule has 4 heteroatoms. The Balaban J connectivity index is 2.11. The van der Waals surface area contributed by atoms with Crippen LogP contribution in [0.2, 0.25) is 10.0 Å². The molecule has 1 heterocycles. The predicted molar refractivity (Wildman–Crippen MR) is 67.4 cm³/mol. The highest BCUT2D eigenvalue weighted by Gasteiger charge is 2.16. The standard InChI is InChI=1S/C12H15Cl2NO/c13-10-6-9(12(16)7-11(10)14)5-8-1-3-15-4-2-8/h6-8,15-16H,1-5H2. The Kier molecular flexibility index (Phi) is 3.95. The second-order valence-electron chi connectivity index (χ2n) is 4.29. The molecule has 2 nitrogen and oxygen atoms in total. The third-order valence-electron chi connectivity index (χ3n) is 3.09. The Morgan fingerprint density at radius 1 is 1.19 bits per heavy atom. The van der Waals surface area contributed by atoms with Crippen molar-refractivity contribution in [2.45, 2.75) is 19.3 Å². The lowest BCUT2D eigenvalue weighted by Crippen LogP contribution is -2.28. The van der Waals surface area contributed by atoms with Crippen LogP contribution in [-0.2, 0) is 6.42 Å². The highest BCUT2D eigenvalue weighted by atomic mass is 35.5. The molecule has 1 saturated heterocycles. The van der Waals surface area contributed by atoms with Crippen LogP contribution in [0.1, 0.15) is 18.4 Å². The summed E-state index contributed by atoms with van der Waals surface area (Å²) in [7, 11) is 0. The summed E-state index contributed by atoms with van der Waals surface area (Å²) < 4.78 is 0. The monoisotopic (exact) mass is 259 g/mol. The van der Waals surface area contributed by atoms with Crippen molar-refractivity contribution in [2.24, 2.45) is 5.92 Å². The molecular weight excluding hydrogens is 245 g/mol. The third kappa shape index (κ3) is 2.82. The maximum Gasteiger partial charge on any atom is 0.120 e. The molecule has 0 unspecified atom stereocenters. The molecule has 1 aromatic carbocycles. The maximum atomic E-state index is 9.79. The fraction of sp³-hybridized carbons (Fsp3) is 0.500. The van der Waals surface area contributed by atoms with Crippen molar-refractivity contribution in [2.75, 3.05) is 13.1 Å². The minimum atomic E-state index is 0.257. The summed E-state index contributed by atoms with van der Waals surface area (Å²) in [5.74, 6) is 0.886. The highest BCUT2D eigenvalue weighted by Crippen LogP contribution is 2.32. The van der Waals surface area contributed by atoms with Crippen molar-refractivity contribution in [1.82, 2.24) is 5.32 Å². The van der Waals surface area contributed by atoms with Crippen LogP contribution < -0.4 is 5.32 Å². The molecule has 88 valence electrons. The molecule has 0 bridgehead atoms. The molecule has 1 aliphatic rings. The first-order valence-corrected chi connectivity index (χ1v) is 6.30. The summed E-state index contributed by atoms with van der Waals surface area (Å²) in [6.07, 6.45) is 3.18. The van der Waals surface area contributed by atoms with Crippen LogP contribution in [0.4, 0.5) is 0 Å². The molecule has 0 spiro atoms. The lowest BCUT2D eigenvalue weighted by atomic mass is 9.91. The van der Waals surface area contributed by atoms with Crippen molar-refractivity contribution in [1.29, 1.82) is 0 Å². The van der Waals surface area contributed by atoms with E-state index in [1.54, 1.807) is 6.07 Å². The molecule has 1 aliphatic heterocycles. The van der Waals surface area contributed by atoms with E-state index in [1.165, 1.54) is 6.07 Å². The first-order valence-electron chi connectivity index (χ1n) is 5.54. The first-order chi connectivity index (χ1) is 7.66. The summed E-state index contributed by atoms with van der Waals surface area (Å²) in [5, 5.41) is 14.0. The predicted octanol–water partition coefficient (Wildman–Crippen LogP) is 3.24. The zero-order valence-corrected chi connectivity index (χ0v) is 10.5. The van der Waals surface area contributed by atoms with E-state index in [0.717, 1.165) is 37.9 Å². The van der Waals surface area contributed by atoms with Crippen LogP contribution in [0.25, 0.3) is 0 Å². The zero-order chi connectivity index (χ0) is 11.5. The number of piperidine rings is 1. The zero-order valence-electron chi connectivity index (χ0n) is 8.97. The number of benzene rings is 1. The van der Waals surface area contributed by atoms with Gasteiger partial charge in [-0.05, 0) is 49.9 Å². The summed E-state index contributed by atoms with van der Waals surface area (Å²) in [5.41, 5.74) is 0.904. The van der Waals surface area contributed by atoms with Crippen LogP contribution in [0.5, 0.6) is 5.75 Å². The molecule has 0 saturated carbocycles. The molecule has 1 fully saturated rings. The van der Waals surface area contributed by atoms with E-state index in [4.69, 9.17) is 23.2 Å². The van der Waals surface area contributed by atoms with Crippen molar-refractivity contribution in [3.05, 3.63) is 27.7 Å². The fourth-order valence-corrected chi connectivity index (χ4v) is 2.48. The largest absolute Gasteiger partial charge is 0.508 e. The number of nitrogens with one attached hydrogen (secondary N) is 1. The quantitative estimate of drug-likeness (QED) is 0.855. The number of halogens is 2. The van der Waals surface area contributed by atoms with Gasteiger partial charge in [0.1, 0.15) is 5.75 Å². The van der Waals surface area contributed by atoms with E-state index in [1.807, 2.05) is 0 Å². The normalized spacial score (nSPS) is 17.6. The molecule has 16 heavy (non-hydrogen) atoms. The molecule has 2 N–H and O–H groups in total. The van der Waals surface area contributed by atoms with Gasteiger partial charge < -0.3 is 10.4 Å². The number of hydrogen-bond donors (Lipinski definition) is 2. The van der Waals surface area contributed by atoms with Gasteiger partial charge in [-0.25, -0.2) is 0 Å². The number of phenolic OH excluding ortho intramolecular Hbond substituents is 1. The van der Waals surface area contributed by atoms with Crippen molar-refractivity contribution < 1.29 is 5.11 Å². The molecule has 2 rings (SSSR count). The summed E-state index contributed by atoms with van der Waals surface area (Å²) in [4.78, 5) is 0. The lowest BCUT2D eigenvalue weighted by Gasteiger charge is -2.23. The van der Waals surface area contributed by atoms with E-state index >= 15 is 0 Å². The molecule has 0 amide bonds. The summed E-state index contributed by atoms with van der Waals surface area (Å²) >= 11 is 11.8. The Hall–Kier alpha value is -0.440. The van der Waals surface area contributed by atoms with Gasteiger partial charge in [-0.2, -0.15) is 0 Å². The molecule has 0 atom stereocenters. The fourth-order valence-electron chi connectivity index (χ4n) is 2.14. The van der Waals surface area contributed by atoms with E-state index in [-0.39, 0.29) is 5.75 Å². The van der Waals surface area contributed by atoms with Crippen molar-refractivity contribution in [3.8, 4) is 5.75 Å². The van der Waals surface area contributed by atoms with Crippen LogP contribution in [0.15, 0.2) is 12.1 Å². The van der Waals surface area contributed by atoms with Gasteiger partial charge in [-0.15, -0.1) is 0 Å². The smallest absolute Gasteiger partial charge is 0.120 e. The van der Waals surface area contributed by atoms with Gasteiger partial charge in [0.15, 0.2) is 0 Å². The minimum absolute atomic E-state index is 0.257. The molecular formula is C12H15Cl2NO. The Morgan fingerprint density at radius 2 is 1.81 bits per heavy atom. The second kappa shape index (κ2) is 5.26. The summed E-state index contributed by atoms with van der Waals surface area (Å²) in [6, 6.07) is 3.31. The topological polar surface area (TPSA) is 32.3 Å². The second-order valence-corrected chi connectivity index (χ2v) is 5.11. The first kappa shape index (κ1) is 12.0. The van der Waals surface area contributed by atoms with E-state index in [0.29, 0.717) is 16.0 Å². The third-order valence-corrected chi connectivity index (χ3v) is 3.81. The molecule has 1 aromatic rings. The van der Waals surface area contributed by atoms with Gasteiger partial charge in [0, 0.05) is 6.07 Å². The average Bonchev–Trinajstić information content (AvgIpc) is 2.27. The number of aromatic hydroxyl groups is 1. The van der Waals surface area contributed by atoms with Crippen LogP contribution in [0.3, 0.4) is 0 Å². The van der Waals surface area contributed by atoms with Gasteiger partial charge in [0.2, 0.25) is 0 Å². The molecule has 0 radical (unpaired) electrons. The highest BCUT2D eigenvalue weighted by molar-refractivity contribution is 6.42. The van der Waals surface area contributed by atoms with Crippen LogP contribution in [-0.4, -0.2) is 18.2 Å². The number of phenols is 1. The number of rotatable bonds is 2. The van der Waals surface area contributed by atoms with Gasteiger partial charge in [-0.3, -0.25) is 0 Å². The SMILES string of the molecule is Oc1cc(Cl)c(Cl)cc1CC1CCNCC1. The number of hydrogen-bond acceptors (Lipinski definition) is 2. The van der Waals surface area contributed by atoms with Gasteiger partial charge in [0.05, 0.1) is 10.0 Å². The van der Waals surface area contributed by atoms with Crippen LogP contribution in [0, 0.1) is 5.92 Å². The molecule has 0 aliphatic carbocycles. The molecule has 0 aromatic heterocycles. The van der Waals surface area contributed by atoms with Gasteiger partial charge in [-0.1, -0.05) is 23.2 Å². The Bertz CT molecular complexity index is 376. The maximum absolute atomic E-state index is 9.79. The lowest BCUT2D eigenvalue weighted by molar-refractivity contribution is 0.366. The van der Waals surface area contributed by atoms with Gasteiger partial charge in [0.25, 0.3) is 0 Å². The summed E-state index contributed by atoms with van der Waals surface area (Å²) in [6.45, 7) is 2.12. The van der Waals surface area contributed by atoms with Crippen molar-refractivity contribution >= 4 is 23.2 Å². The average molecular weight is 260 g/mol. The van der Waals surface area contributed by atoms with E-state index in [2.05, 4.69) is 5.32 Å². The Labute approximate surface area is 106 Å². The van der Waals surface area contributed by atoms with E-state index in [9.17, 15) is 5.11 Å².